The Morgan fingerprint density at radius 1 is 0.912 bits per heavy atom. The Morgan fingerprint density at radius 2 is 1.56 bits per heavy atom. The van der Waals surface area contributed by atoms with Gasteiger partial charge in [-0.05, 0) is 64.3 Å². The molecule has 3 heteroatoms. The first-order valence-corrected chi connectivity index (χ1v) is 13.5. The molecular formula is C31H47N3. The van der Waals surface area contributed by atoms with Crippen LogP contribution in [0.4, 0.5) is 5.82 Å². The standard InChI is InChI=1S/C31H47N3/c1-9-29(3,4)23(2)22-33-17-19-34(20-18-33)28-12-10-11-27(32-28)24-13-14-25-26(21-24)31(7,8)16-15-30(25,5)6/h10-14,21,23H,9,15-20,22H2,1-8H3. The molecule has 0 spiro atoms. The zero-order chi connectivity index (χ0) is 24.7. The molecule has 0 amide bonds. The van der Waals surface area contributed by atoms with E-state index < -0.39 is 0 Å². The first-order chi connectivity index (χ1) is 15.9. The maximum atomic E-state index is 5.15. The monoisotopic (exact) mass is 461 g/mol. The van der Waals surface area contributed by atoms with Crippen molar-refractivity contribution in [1.82, 2.24) is 9.88 Å². The number of rotatable bonds is 6. The fourth-order valence-electron chi connectivity index (χ4n) is 5.65. The van der Waals surface area contributed by atoms with E-state index >= 15 is 0 Å². The zero-order valence-corrected chi connectivity index (χ0v) is 23.0. The average molecular weight is 462 g/mol. The van der Waals surface area contributed by atoms with E-state index in [1.165, 1.54) is 42.5 Å². The van der Waals surface area contributed by atoms with E-state index in [-0.39, 0.29) is 10.8 Å². The highest BCUT2D eigenvalue weighted by atomic mass is 15.3. The van der Waals surface area contributed by atoms with Gasteiger partial charge in [-0.15, -0.1) is 0 Å². The second-order valence-electron chi connectivity index (χ2n) is 12.9. The highest BCUT2D eigenvalue weighted by Gasteiger charge is 2.37. The van der Waals surface area contributed by atoms with Gasteiger partial charge in [-0.1, -0.05) is 80.0 Å². The quantitative estimate of drug-likeness (QED) is 0.450. The fraction of sp³-hybridized carbons (Fsp3) is 0.645. The molecule has 1 aliphatic carbocycles. The Bertz CT molecular complexity index is 995. The van der Waals surface area contributed by atoms with Crippen LogP contribution in [0.15, 0.2) is 36.4 Å². The van der Waals surface area contributed by atoms with E-state index in [0.29, 0.717) is 11.3 Å². The van der Waals surface area contributed by atoms with Gasteiger partial charge < -0.3 is 4.90 Å². The molecule has 1 aliphatic heterocycles. The van der Waals surface area contributed by atoms with Crippen molar-refractivity contribution < 1.29 is 0 Å². The lowest BCUT2D eigenvalue weighted by Gasteiger charge is -2.42. The summed E-state index contributed by atoms with van der Waals surface area (Å²) in [5.41, 5.74) is 6.25. The summed E-state index contributed by atoms with van der Waals surface area (Å²) in [4.78, 5) is 10.3. The van der Waals surface area contributed by atoms with Crippen LogP contribution >= 0.6 is 0 Å². The Kier molecular flexibility index (Phi) is 6.90. The summed E-state index contributed by atoms with van der Waals surface area (Å²) in [5.74, 6) is 1.83. The summed E-state index contributed by atoms with van der Waals surface area (Å²) in [6, 6.07) is 13.6. The molecule has 1 unspecified atom stereocenters. The third kappa shape index (κ3) is 5.05. The van der Waals surface area contributed by atoms with Gasteiger partial charge in [0.05, 0.1) is 5.69 Å². The summed E-state index contributed by atoms with van der Waals surface area (Å²) in [6.07, 6.45) is 3.73. The van der Waals surface area contributed by atoms with E-state index in [9.17, 15) is 0 Å². The fourth-order valence-corrected chi connectivity index (χ4v) is 5.65. The molecule has 0 radical (unpaired) electrons. The normalized spacial score (nSPS) is 21.2. The molecule has 1 aromatic carbocycles. The zero-order valence-electron chi connectivity index (χ0n) is 23.0. The highest BCUT2D eigenvalue weighted by molar-refractivity contribution is 5.65. The molecule has 3 nitrogen and oxygen atoms in total. The summed E-state index contributed by atoms with van der Waals surface area (Å²) >= 11 is 0. The second-order valence-corrected chi connectivity index (χ2v) is 12.9. The number of fused-ring (bicyclic) bond motifs is 1. The van der Waals surface area contributed by atoms with E-state index in [0.717, 1.165) is 37.7 Å². The number of piperazine rings is 1. The molecule has 0 saturated carbocycles. The highest BCUT2D eigenvalue weighted by Crippen LogP contribution is 2.46. The van der Waals surface area contributed by atoms with Crippen LogP contribution < -0.4 is 4.90 Å². The van der Waals surface area contributed by atoms with Gasteiger partial charge in [-0.2, -0.15) is 0 Å². The van der Waals surface area contributed by atoms with E-state index in [4.69, 9.17) is 4.98 Å². The number of nitrogens with zero attached hydrogens (tertiary/aromatic N) is 3. The summed E-state index contributed by atoms with van der Waals surface area (Å²) in [7, 11) is 0. The molecule has 1 atom stereocenters. The van der Waals surface area contributed by atoms with Gasteiger partial charge in [-0.25, -0.2) is 4.98 Å². The Hall–Kier alpha value is -1.87. The summed E-state index contributed by atoms with van der Waals surface area (Å²) in [6.45, 7) is 24.7. The molecule has 2 heterocycles. The molecule has 1 fully saturated rings. The maximum Gasteiger partial charge on any atom is 0.129 e. The maximum absolute atomic E-state index is 5.15. The Morgan fingerprint density at radius 3 is 2.21 bits per heavy atom. The van der Waals surface area contributed by atoms with Crippen LogP contribution in [0.3, 0.4) is 0 Å². The molecule has 2 aliphatic rings. The van der Waals surface area contributed by atoms with Crippen molar-refractivity contribution in [3.8, 4) is 11.3 Å². The van der Waals surface area contributed by atoms with E-state index in [1.54, 1.807) is 0 Å². The van der Waals surface area contributed by atoms with Crippen LogP contribution in [0, 0.1) is 11.3 Å². The van der Waals surface area contributed by atoms with Crippen molar-refractivity contribution in [3.05, 3.63) is 47.5 Å². The van der Waals surface area contributed by atoms with Crippen molar-refractivity contribution in [1.29, 1.82) is 0 Å². The lowest BCUT2D eigenvalue weighted by molar-refractivity contribution is 0.138. The minimum atomic E-state index is 0.221. The van der Waals surface area contributed by atoms with E-state index in [2.05, 4.69) is 102 Å². The first-order valence-electron chi connectivity index (χ1n) is 13.5. The van der Waals surface area contributed by atoms with Gasteiger partial charge in [0.25, 0.3) is 0 Å². The van der Waals surface area contributed by atoms with Gasteiger partial charge in [-0.3, -0.25) is 4.90 Å². The predicted molar refractivity (Wildman–Crippen MR) is 147 cm³/mol. The Balaban J connectivity index is 1.49. The molecule has 0 N–H and O–H groups in total. The van der Waals surface area contributed by atoms with Crippen molar-refractivity contribution in [2.45, 2.75) is 85.5 Å². The molecule has 1 saturated heterocycles. The number of hydrogen-bond acceptors (Lipinski definition) is 3. The molecule has 4 rings (SSSR count). The lowest BCUT2D eigenvalue weighted by atomic mass is 9.63. The SMILES string of the molecule is CCC(C)(C)C(C)CN1CCN(c2cccc(-c3ccc4c(c3)C(C)(C)CCC4(C)C)n2)CC1. The van der Waals surface area contributed by atoms with Crippen molar-refractivity contribution in [2.24, 2.45) is 11.3 Å². The number of benzene rings is 1. The van der Waals surface area contributed by atoms with Crippen molar-refractivity contribution >= 4 is 5.82 Å². The third-order valence-corrected chi connectivity index (χ3v) is 9.36. The predicted octanol–water partition coefficient (Wildman–Crippen LogP) is 7.29. The van der Waals surface area contributed by atoms with Gasteiger partial charge in [0, 0.05) is 38.3 Å². The number of hydrogen-bond donors (Lipinski definition) is 0. The minimum Gasteiger partial charge on any atom is -0.354 e. The molecule has 2 aromatic rings. The molecule has 0 bridgehead atoms. The van der Waals surface area contributed by atoms with Crippen LogP contribution in [0.2, 0.25) is 0 Å². The first kappa shape index (κ1) is 25.2. The average Bonchev–Trinajstić information content (AvgIpc) is 2.82. The number of aromatic nitrogens is 1. The van der Waals surface area contributed by atoms with Gasteiger partial charge >= 0.3 is 0 Å². The van der Waals surface area contributed by atoms with Crippen molar-refractivity contribution in [3.63, 3.8) is 0 Å². The van der Waals surface area contributed by atoms with Gasteiger partial charge in [0.1, 0.15) is 5.82 Å². The number of pyridine rings is 1. The summed E-state index contributed by atoms with van der Waals surface area (Å²) < 4.78 is 0. The van der Waals surface area contributed by atoms with E-state index in [1.807, 2.05) is 0 Å². The molecule has 186 valence electrons. The molecule has 34 heavy (non-hydrogen) atoms. The van der Waals surface area contributed by atoms with Crippen molar-refractivity contribution in [2.75, 3.05) is 37.6 Å². The molecule has 1 aromatic heterocycles. The van der Waals surface area contributed by atoms with Crippen LogP contribution in [-0.2, 0) is 10.8 Å². The van der Waals surface area contributed by atoms with Crippen LogP contribution in [0.5, 0.6) is 0 Å². The minimum absolute atomic E-state index is 0.221. The third-order valence-electron chi connectivity index (χ3n) is 9.36. The Labute approximate surface area is 209 Å². The van der Waals surface area contributed by atoms with Crippen LogP contribution in [-0.4, -0.2) is 42.6 Å². The largest absolute Gasteiger partial charge is 0.354 e. The smallest absolute Gasteiger partial charge is 0.129 e. The summed E-state index contributed by atoms with van der Waals surface area (Å²) in [5, 5.41) is 0. The molecular weight excluding hydrogens is 414 g/mol. The number of anilines is 1. The van der Waals surface area contributed by atoms with Gasteiger partial charge in [0.2, 0.25) is 0 Å². The topological polar surface area (TPSA) is 19.4 Å². The van der Waals surface area contributed by atoms with Crippen LogP contribution in [0.25, 0.3) is 11.3 Å². The van der Waals surface area contributed by atoms with Crippen LogP contribution in [0.1, 0.15) is 85.8 Å². The lowest BCUT2D eigenvalue weighted by Crippen LogP contribution is -2.49. The second kappa shape index (κ2) is 9.30. The van der Waals surface area contributed by atoms with Gasteiger partial charge in [0.15, 0.2) is 0 Å².